The van der Waals surface area contributed by atoms with Crippen LogP contribution in [0.5, 0.6) is 0 Å². The number of halogens is 2. The van der Waals surface area contributed by atoms with Gasteiger partial charge in [0.1, 0.15) is 5.82 Å². The van der Waals surface area contributed by atoms with Crippen LogP contribution in [0.2, 0.25) is 10.0 Å². The summed E-state index contributed by atoms with van der Waals surface area (Å²) in [4.78, 5) is 32.8. The van der Waals surface area contributed by atoms with Gasteiger partial charge in [-0.15, -0.1) is 0 Å². The third kappa shape index (κ3) is 2.86. The molecule has 26 heavy (non-hydrogen) atoms. The Balaban J connectivity index is 1.99. The number of H-pyrrole nitrogens is 1. The maximum absolute atomic E-state index is 12.8. The van der Waals surface area contributed by atoms with Gasteiger partial charge in [0, 0.05) is 23.6 Å². The molecule has 0 radical (unpaired) electrons. The van der Waals surface area contributed by atoms with Crippen LogP contribution in [0, 0.1) is 0 Å². The Bertz CT molecular complexity index is 1020. The predicted molar refractivity (Wildman–Crippen MR) is 104 cm³/mol. The van der Waals surface area contributed by atoms with Gasteiger partial charge < -0.3 is 10.3 Å². The first-order valence-corrected chi connectivity index (χ1v) is 10.1. The molecular weight excluding hydrogens is 393 g/mol. The number of hydrogen-bond donors (Lipinski definition) is 2. The Morgan fingerprint density at radius 3 is 2.73 bits per heavy atom. The van der Waals surface area contributed by atoms with Crippen LogP contribution in [0.3, 0.4) is 0 Å². The molecule has 1 aliphatic carbocycles. The minimum atomic E-state index is -0.504. The van der Waals surface area contributed by atoms with Gasteiger partial charge in [-0.2, -0.15) is 0 Å². The highest BCUT2D eigenvalue weighted by Gasteiger charge is 2.37. The largest absolute Gasteiger partial charge is 0.343 e. The van der Waals surface area contributed by atoms with E-state index in [1.54, 1.807) is 12.1 Å². The Hall–Kier alpha value is -1.76. The van der Waals surface area contributed by atoms with Crippen LogP contribution >= 0.6 is 35.0 Å². The molecule has 4 rings (SSSR count). The second kappa shape index (κ2) is 6.76. The van der Waals surface area contributed by atoms with E-state index in [1.165, 1.54) is 11.8 Å². The molecule has 5 nitrogen and oxygen atoms in total. The van der Waals surface area contributed by atoms with Crippen molar-refractivity contribution in [1.82, 2.24) is 9.97 Å². The number of ketones is 1. The van der Waals surface area contributed by atoms with Crippen molar-refractivity contribution in [1.29, 1.82) is 0 Å². The number of thioether (sulfide) groups is 1. The fraction of sp³-hybridized carbons (Fsp3) is 0.278. The summed E-state index contributed by atoms with van der Waals surface area (Å²) in [5.41, 5.74) is 2.42. The number of carbonyl (C=O) groups excluding carboxylic acids is 1. The smallest absolute Gasteiger partial charge is 0.257 e. The lowest BCUT2D eigenvalue weighted by atomic mass is 9.76. The van der Waals surface area contributed by atoms with Crippen LogP contribution in [0.4, 0.5) is 5.82 Å². The summed E-state index contributed by atoms with van der Waals surface area (Å²) in [5.74, 6) is 0.0485. The summed E-state index contributed by atoms with van der Waals surface area (Å²) in [5, 5.41) is 4.57. The van der Waals surface area contributed by atoms with Crippen LogP contribution in [-0.4, -0.2) is 22.0 Å². The quantitative estimate of drug-likeness (QED) is 0.571. The molecule has 0 amide bonds. The standard InChI is InChI=1S/C18H15Cl2N3O2S/c1-26-18-22-16-15(17(25)23-18)13(8-5-6-9(19)10(20)7-8)14-11(21-16)3-2-4-12(14)24/h5-7,13H,2-4H2,1H3,(H2,21,22,23,25). The van der Waals surface area contributed by atoms with Gasteiger partial charge in [0.15, 0.2) is 10.9 Å². The molecule has 1 unspecified atom stereocenters. The lowest BCUT2D eigenvalue weighted by molar-refractivity contribution is -0.116. The zero-order chi connectivity index (χ0) is 18.4. The van der Waals surface area contributed by atoms with Gasteiger partial charge in [-0.3, -0.25) is 9.59 Å². The van der Waals surface area contributed by atoms with Crippen molar-refractivity contribution < 1.29 is 4.79 Å². The molecule has 1 aromatic heterocycles. The van der Waals surface area contributed by atoms with Gasteiger partial charge in [0.25, 0.3) is 5.56 Å². The van der Waals surface area contributed by atoms with Gasteiger partial charge >= 0.3 is 0 Å². The lowest BCUT2D eigenvalue weighted by Crippen LogP contribution is -2.32. The van der Waals surface area contributed by atoms with Gasteiger partial charge in [0.2, 0.25) is 0 Å². The molecule has 0 spiro atoms. The van der Waals surface area contributed by atoms with Crippen LogP contribution in [-0.2, 0) is 4.79 Å². The third-order valence-electron chi connectivity index (χ3n) is 4.71. The Morgan fingerprint density at radius 2 is 2.00 bits per heavy atom. The van der Waals surface area contributed by atoms with E-state index in [0.29, 0.717) is 38.6 Å². The molecule has 2 aliphatic rings. The van der Waals surface area contributed by atoms with Crippen molar-refractivity contribution in [3.8, 4) is 0 Å². The van der Waals surface area contributed by atoms with E-state index >= 15 is 0 Å². The fourth-order valence-corrected chi connectivity index (χ4v) is 4.25. The normalized spacial score (nSPS) is 19.0. The van der Waals surface area contributed by atoms with Crippen molar-refractivity contribution in [3.05, 3.63) is 61.0 Å². The van der Waals surface area contributed by atoms with Gasteiger partial charge in [-0.05, 0) is 36.8 Å². The van der Waals surface area contributed by atoms with Crippen LogP contribution in [0.15, 0.2) is 39.4 Å². The first-order valence-electron chi connectivity index (χ1n) is 8.16. The molecule has 0 bridgehead atoms. The predicted octanol–water partition coefficient (Wildman–Crippen LogP) is 4.36. The second-order valence-electron chi connectivity index (χ2n) is 6.24. The Morgan fingerprint density at radius 1 is 1.19 bits per heavy atom. The zero-order valence-electron chi connectivity index (χ0n) is 13.9. The number of aromatic amines is 1. The van der Waals surface area contributed by atoms with Crippen molar-refractivity contribution in [2.75, 3.05) is 11.6 Å². The van der Waals surface area contributed by atoms with Gasteiger partial charge in [-0.1, -0.05) is 41.0 Å². The second-order valence-corrected chi connectivity index (χ2v) is 7.85. The van der Waals surface area contributed by atoms with E-state index in [1.807, 2.05) is 12.3 Å². The van der Waals surface area contributed by atoms with E-state index in [0.717, 1.165) is 24.1 Å². The highest BCUT2D eigenvalue weighted by atomic mass is 35.5. The number of allylic oxidation sites excluding steroid dienone is 2. The summed E-state index contributed by atoms with van der Waals surface area (Å²) in [7, 11) is 0. The van der Waals surface area contributed by atoms with Crippen molar-refractivity contribution in [2.24, 2.45) is 0 Å². The molecular formula is C18H15Cl2N3O2S. The minimum Gasteiger partial charge on any atom is -0.343 e. The topological polar surface area (TPSA) is 74.8 Å². The molecule has 1 atom stereocenters. The lowest BCUT2D eigenvalue weighted by Gasteiger charge is -2.32. The average Bonchev–Trinajstić information content (AvgIpc) is 2.62. The average molecular weight is 408 g/mol. The van der Waals surface area contributed by atoms with Crippen LogP contribution < -0.4 is 10.9 Å². The van der Waals surface area contributed by atoms with Crippen molar-refractivity contribution >= 4 is 46.6 Å². The van der Waals surface area contributed by atoms with E-state index in [2.05, 4.69) is 15.3 Å². The summed E-state index contributed by atoms with van der Waals surface area (Å²) < 4.78 is 0. The van der Waals surface area contributed by atoms with Crippen LogP contribution in [0.1, 0.15) is 36.3 Å². The first kappa shape index (κ1) is 17.6. The minimum absolute atomic E-state index is 0.0498. The fourth-order valence-electron chi connectivity index (χ4n) is 3.56. The Kier molecular flexibility index (Phi) is 4.59. The molecule has 0 fully saturated rings. The maximum Gasteiger partial charge on any atom is 0.257 e. The number of carbonyl (C=O) groups is 1. The number of benzene rings is 1. The monoisotopic (exact) mass is 407 g/mol. The van der Waals surface area contributed by atoms with Crippen LogP contribution in [0.25, 0.3) is 0 Å². The molecule has 0 saturated heterocycles. The van der Waals surface area contributed by atoms with Crippen molar-refractivity contribution in [2.45, 2.75) is 30.3 Å². The molecule has 1 aliphatic heterocycles. The summed E-state index contributed by atoms with van der Waals surface area (Å²) in [6.07, 6.45) is 3.86. The van der Waals surface area contributed by atoms with Gasteiger partial charge in [-0.25, -0.2) is 4.98 Å². The number of Topliss-reactive ketones (excluding diaryl/α,β-unsaturated/α-hetero) is 1. The summed E-state index contributed by atoms with van der Waals surface area (Å²) >= 11 is 13.6. The molecule has 1 aromatic carbocycles. The van der Waals surface area contributed by atoms with E-state index in [-0.39, 0.29) is 11.3 Å². The molecule has 134 valence electrons. The highest BCUT2D eigenvalue weighted by molar-refractivity contribution is 7.98. The first-order chi connectivity index (χ1) is 12.5. The number of fused-ring (bicyclic) bond motifs is 1. The number of anilines is 1. The van der Waals surface area contributed by atoms with E-state index in [4.69, 9.17) is 23.2 Å². The molecule has 0 saturated carbocycles. The van der Waals surface area contributed by atoms with E-state index < -0.39 is 5.92 Å². The molecule has 2 aromatic rings. The van der Waals surface area contributed by atoms with Crippen molar-refractivity contribution in [3.63, 3.8) is 0 Å². The summed E-state index contributed by atoms with van der Waals surface area (Å²) in [6.45, 7) is 0. The Labute approximate surface area is 164 Å². The molecule has 2 N–H and O–H groups in total. The number of nitrogens with one attached hydrogen (secondary N) is 2. The number of aromatic nitrogens is 2. The third-order valence-corrected chi connectivity index (χ3v) is 6.03. The molecule has 2 heterocycles. The highest BCUT2D eigenvalue weighted by Crippen LogP contribution is 2.44. The summed E-state index contributed by atoms with van der Waals surface area (Å²) in [6, 6.07) is 5.22. The zero-order valence-corrected chi connectivity index (χ0v) is 16.2. The number of hydrogen-bond acceptors (Lipinski definition) is 5. The SMILES string of the molecule is CSc1nc2c(c(=O)[nH]1)C(c1ccc(Cl)c(Cl)c1)C1=C(CCCC1=O)N2. The maximum atomic E-state index is 12.8. The number of nitrogens with zero attached hydrogens (tertiary/aromatic N) is 1. The van der Waals surface area contributed by atoms with Gasteiger partial charge in [0.05, 0.1) is 15.6 Å². The molecule has 8 heteroatoms. The van der Waals surface area contributed by atoms with E-state index in [9.17, 15) is 9.59 Å². The number of rotatable bonds is 2.